The highest BCUT2D eigenvalue weighted by atomic mass is 19.1. The number of rotatable bonds is 8. The third-order valence-electron chi connectivity index (χ3n) is 3.83. The molecule has 4 nitrogen and oxygen atoms in total. The lowest BCUT2D eigenvalue weighted by atomic mass is 10.2. The SMILES string of the molecule is CCOc1cc(C=NNc2ccc(F)cc2)ccc1OCc1ccc(F)cc1. The van der Waals surface area contributed by atoms with Crippen LogP contribution in [0, 0.1) is 11.6 Å². The van der Waals surface area contributed by atoms with Gasteiger partial charge in [-0.15, -0.1) is 0 Å². The fourth-order valence-electron chi connectivity index (χ4n) is 2.44. The average Bonchev–Trinajstić information content (AvgIpc) is 2.70. The quantitative estimate of drug-likeness (QED) is 0.420. The van der Waals surface area contributed by atoms with E-state index < -0.39 is 0 Å². The number of benzene rings is 3. The van der Waals surface area contributed by atoms with Crippen LogP contribution in [-0.2, 0) is 6.61 Å². The summed E-state index contributed by atoms with van der Waals surface area (Å²) in [6.07, 6.45) is 1.63. The molecule has 28 heavy (non-hydrogen) atoms. The molecular weight excluding hydrogens is 362 g/mol. The topological polar surface area (TPSA) is 42.8 Å². The number of hydrazone groups is 1. The molecule has 0 aliphatic rings. The van der Waals surface area contributed by atoms with Crippen LogP contribution in [0.4, 0.5) is 14.5 Å². The van der Waals surface area contributed by atoms with Gasteiger partial charge in [0, 0.05) is 0 Å². The fourth-order valence-corrected chi connectivity index (χ4v) is 2.44. The maximum atomic E-state index is 13.0. The fraction of sp³-hybridized carbons (Fsp3) is 0.136. The number of ether oxygens (including phenoxy) is 2. The van der Waals surface area contributed by atoms with Crippen LogP contribution in [0.1, 0.15) is 18.1 Å². The first-order chi connectivity index (χ1) is 13.6. The van der Waals surface area contributed by atoms with Crippen molar-refractivity contribution in [2.75, 3.05) is 12.0 Å². The third-order valence-corrected chi connectivity index (χ3v) is 3.83. The Hall–Kier alpha value is -3.41. The second-order valence-corrected chi connectivity index (χ2v) is 5.93. The van der Waals surface area contributed by atoms with Crippen molar-refractivity contribution in [3.8, 4) is 11.5 Å². The van der Waals surface area contributed by atoms with E-state index in [0.717, 1.165) is 11.1 Å². The van der Waals surface area contributed by atoms with Crippen LogP contribution in [-0.4, -0.2) is 12.8 Å². The molecule has 0 aliphatic carbocycles. The van der Waals surface area contributed by atoms with Gasteiger partial charge in [-0.1, -0.05) is 12.1 Å². The number of nitrogens with one attached hydrogen (secondary N) is 1. The number of hydrogen-bond donors (Lipinski definition) is 1. The molecule has 6 heteroatoms. The Kier molecular flexibility index (Phi) is 6.57. The highest BCUT2D eigenvalue weighted by Gasteiger charge is 2.07. The second kappa shape index (κ2) is 9.50. The summed E-state index contributed by atoms with van der Waals surface area (Å²) in [6, 6.07) is 17.5. The zero-order chi connectivity index (χ0) is 19.8. The van der Waals surface area contributed by atoms with E-state index in [1.807, 2.05) is 19.1 Å². The summed E-state index contributed by atoms with van der Waals surface area (Å²) < 4.78 is 37.4. The van der Waals surface area contributed by atoms with Gasteiger partial charge in [0.05, 0.1) is 18.5 Å². The zero-order valence-corrected chi connectivity index (χ0v) is 15.4. The number of halogens is 2. The molecule has 0 aromatic heterocycles. The lowest BCUT2D eigenvalue weighted by molar-refractivity contribution is 0.269. The molecule has 3 aromatic carbocycles. The van der Waals surface area contributed by atoms with Gasteiger partial charge in [0.1, 0.15) is 18.2 Å². The Morgan fingerprint density at radius 3 is 2.21 bits per heavy atom. The van der Waals surface area contributed by atoms with Crippen molar-refractivity contribution in [2.45, 2.75) is 13.5 Å². The first kappa shape index (κ1) is 19.4. The Morgan fingerprint density at radius 1 is 0.857 bits per heavy atom. The minimum Gasteiger partial charge on any atom is -0.490 e. The normalized spacial score (nSPS) is 10.8. The maximum Gasteiger partial charge on any atom is 0.161 e. The molecule has 0 heterocycles. The van der Waals surface area contributed by atoms with E-state index in [-0.39, 0.29) is 11.6 Å². The van der Waals surface area contributed by atoms with Gasteiger partial charge in [-0.05, 0) is 72.6 Å². The van der Waals surface area contributed by atoms with E-state index in [2.05, 4.69) is 10.5 Å². The van der Waals surface area contributed by atoms with Gasteiger partial charge in [0.15, 0.2) is 11.5 Å². The van der Waals surface area contributed by atoms with E-state index in [1.54, 1.807) is 36.5 Å². The van der Waals surface area contributed by atoms with E-state index in [0.29, 0.717) is 30.4 Å². The Morgan fingerprint density at radius 2 is 1.54 bits per heavy atom. The van der Waals surface area contributed by atoms with Crippen molar-refractivity contribution in [3.63, 3.8) is 0 Å². The summed E-state index contributed by atoms with van der Waals surface area (Å²) >= 11 is 0. The summed E-state index contributed by atoms with van der Waals surface area (Å²) in [5.41, 5.74) is 5.19. The molecule has 0 amide bonds. The molecule has 0 atom stereocenters. The monoisotopic (exact) mass is 382 g/mol. The van der Waals surface area contributed by atoms with Gasteiger partial charge >= 0.3 is 0 Å². The van der Waals surface area contributed by atoms with Gasteiger partial charge in [0.2, 0.25) is 0 Å². The first-order valence-electron chi connectivity index (χ1n) is 8.83. The van der Waals surface area contributed by atoms with E-state index in [1.165, 1.54) is 24.3 Å². The van der Waals surface area contributed by atoms with Crippen LogP contribution in [0.15, 0.2) is 71.8 Å². The minimum absolute atomic E-state index is 0.281. The van der Waals surface area contributed by atoms with E-state index >= 15 is 0 Å². The van der Waals surface area contributed by atoms with Crippen molar-refractivity contribution in [3.05, 3.63) is 89.5 Å². The molecule has 3 rings (SSSR count). The van der Waals surface area contributed by atoms with Gasteiger partial charge in [-0.3, -0.25) is 5.43 Å². The molecule has 0 saturated heterocycles. The lowest BCUT2D eigenvalue weighted by Crippen LogP contribution is -2.01. The number of nitrogens with zero attached hydrogens (tertiary/aromatic N) is 1. The van der Waals surface area contributed by atoms with Crippen LogP contribution in [0.5, 0.6) is 11.5 Å². The Labute approximate surface area is 162 Å². The molecule has 0 spiro atoms. The van der Waals surface area contributed by atoms with E-state index in [9.17, 15) is 8.78 Å². The molecule has 0 fully saturated rings. The average molecular weight is 382 g/mol. The molecule has 0 radical (unpaired) electrons. The standard InChI is InChI=1S/C22H20F2N2O2/c1-2-27-22-13-17(14-25-26-20-10-8-19(24)9-11-20)5-12-21(22)28-15-16-3-6-18(23)7-4-16/h3-14,26H,2,15H2,1H3. The molecule has 0 unspecified atom stereocenters. The lowest BCUT2D eigenvalue weighted by Gasteiger charge is -2.12. The molecular formula is C22H20F2N2O2. The third kappa shape index (κ3) is 5.54. The number of anilines is 1. The van der Waals surface area contributed by atoms with Crippen molar-refractivity contribution < 1.29 is 18.3 Å². The van der Waals surface area contributed by atoms with Crippen molar-refractivity contribution in [2.24, 2.45) is 5.10 Å². The van der Waals surface area contributed by atoms with Crippen LogP contribution in [0.2, 0.25) is 0 Å². The zero-order valence-electron chi connectivity index (χ0n) is 15.4. The first-order valence-corrected chi connectivity index (χ1v) is 8.83. The van der Waals surface area contributed by atoms with E-state index in [4.69, 9.17) is 9.47 Å². The van der Waals surface area contributed by atoms with Gasteiger partial charge in [-0.25, -0.2) is 8.78 Å². The second-order valence-electron chi connectivity index (χ2n) is 5.93. The summed E-state index contributed by atoms with van der Waals surface area (Å²) in [5.74, 6) is 0.605. The number of hydrogen-bond acceptors (Lipinski definition) is 4. The molecule has 0 bridgehead atoms. The van der Waals surface area contributed by atoms with Crippen LogP contribution in [0.3, 0.4) is 0 Å². The molecule has 144 valence electrons. The smallest absolute Gasteiger partial charge is 0.161 e. The molecule has 3 aromatic rings. The van der Waals surface area contributed by atoms with Crippen LogP contribution >= 0.6 is 0 Å². The summed E-state index contributed by atoms with van der Waals surface area (Å²) in [5, 5.41) is 4.14. The van der Waals surface area contributed by atoms with Gasteiger partial charge < -0.3 is 9.47 Å². The maximum absolute atomic E-state index is 13.0. The molecule has 0 aliphatic heterocycles. The Balaban J connectivity index is 1.66. The predicted molar refractivity (Wildman–Crippen MR) is 106 cm³/mol. The van der Waals surface area contributed by atoms with Gasteiger partial charge in [0.25, 0.3) is 0 Å². The summed E-state index contributed by atoms with van der Waals surface area (Å²) in [4.78, 5) is 0. The summed E-state index contributed by atoms with van der Waals surface area (Å²) in [7, 11) is 0. The highest BCUT2D eigenvalue weighted by molar-refractivity contribution is 5.81. The molecule has 1 N–H and O–H groups in total. The summed E-state index contributed by atoms with van der Waals surface area (Å²) in [6.45, 7) is 2.68. The molecule has 0 saturated carbocycles. The van der Waals surface area contributed by atoms with Gasteiger partial charge in [-0.2, -0.15) is 5.10 Å². The Bertz CT molecular complexity index is 926. The van der Waals surface area contributed by atoms with Crippen LogP contribution in [0.25, 0.3) is 0 Å². The van der Waals surface area contributed by atoms with Crippen LogP contribution < -0.4 is 14.9 Å². The van der Waals surface area contributed by atoms with Crippen molar-refractivity contribution >= 4 is 11.9 Å². The predicted octanol–water partition coefficient (Wildman–Crippen LogP) is 5.39. The minimum atomic E-state index is -0.299. The largest absolute Gasteiger partial charge is 0.490 e. The van der Waals surface area contributed by atoms with Crippen molar-refractivity contribution in [1.29, 1.82) is 0 Å². The highest BCUT2D eigenvalue weighted by Crippen LogP contribution is 2.29. The van der Waals surface area contributed by atoms with Crippen molar-refractivity contribution in [1.82, 2.24) is 0 Å².